The van der Waals surface area contributed by atoms with E-state index in [9.17, 15) is 0 Å². The minimum absolute atomic E-state index is 0.728. The van der Waals surface area contributed by atoms with Crippen LogP contribution in [0.3, 0.4) is 0 Å². The Morgan fingerprint density at radius 3 is 2.53 bits per heavy atom. The SMILES string of the molecule is CCNC1CC(C)CC(C)C1SCCN(C)C. The smallest absolute Gasteiger partial charge is 0.0227 e. The van der Waals surface area contributed by atoms with Crippen molar-refractivity contribution in [2.45, 2.75) is 44.9 Å². The lowest BCUT2D eigenvalue weighted by Gasteiger charge is -2.40. The van der Waals surface area contributed by atoms with Crippen molar-refractivity contribution in [3.05, 3.63) is 0 Å². The standard InChI is InChI=1S/C14H30N2S/c1-6-15-13-10-11(2)9-12(3)14(13)17-8-7-16(4)5/h11-15H,6-10H2,1-5H3. The lowest BCUT2D eigenvalue weighted by molar-refractivity contribution is 0.251. The van der Waals surface area contributed by atoms with E-state index in [0.717, 1.165) is 29.7 Å². The Morgan fingerprint density at radius 1 is 1.24 bits per heavy atom. The zero-order valence-electron chi connectivity index (χ0n) is 12.2. The minimum atomic E-state index is 0.728. The fourth-order valence-electron chi connectivity index (χ4n) is 2.94. The van der Waals surface area contributed by atoms with E-state index < -0.39 is 0 Å². The molecule has 1 N–H and O–H groups in total. The highest BCUT2D eigenvalue weighted by atomic mass is 32.2. The van der Waals surface area contributed by atoms with E-state index in [1.807, 2.05) is 0 Å². The van der Waals surface area contributed by atoms with Crippen molar-refractivity contribution >= 4 is 11.8 Å². The lowest BCUT2D eigenvalue weighted by atomic mass is 9.80. The molecule has 4 atom stereocenters. The van der Waals surface area contributed by atoms with Gasteiger partial charge in [0.05, 0.1) is 0 Å². The molecule has 0 radical (unpaired) electrons. The number of nitrogens with one attached hydrogen (secondary N) is 1. The summed E-state index contributed by atoms with van der Waals surface area (Å²) in [5, 5.41) is 4.51. The second-order valence-corrected chi connectivity index (χ2v) is 7.14. The Labute approximate surface area is 112 Å². The molecule has 1 aliphatic carbocycles. The van der Waals surface area contributed by atoms with E-state index in [-0.39, 0.29) is 0 Å². The largest absolute Gasteiger partial charge is 0.313 e. The predicted octanol–water partition coefficient (Wildman–Crippen LogP) is 2.69. The van der Waals surface area contributed by atoms with Crippen LogP contribution in [0.2, 0.25) is 0 Å². The maximum absolute atomic E-state index is 3.70. The molecule has 0 aromatic carbocycles. The van der Waals surface area contributed by atoms with Crippen LogP contribution in [-0.2, 0) is 0 Å². The summed E-state index contributed by atoms with van der Waals surface area (Å²) in [7, 11) is 4.32. The van der Waals surface area contributed by atoms with E-state index in [2.05, 4.69) is 56.8 Å². The molecule has 1 aliphatic rings. The van der Waals surface area contributed by atoms with Gasteiger partial charge in [-0.3, -0.25) is 0 Å². The highest BCUT2D eigenvalue weighted by molar-refractivity contribution is 8.00. The molecule has 1 rings (SSSR count). The first kappa shape index (κ1) is 15.3. The van der Waals surface area contributed by atoms with Crippen molar-refractivity contribution in [3.63, 3.8) is 0 Å². The van der Waals surface area contributed by atoms with Crippen LogP contribution >= 0.6 is 11.8 Å². The first-order valence-corrected chi connectivity index (χ1v) is 8.09. The van der Waals surface area contributed by atoms with Crippen LogP contribution in [0.15, 0.2) is 0 Å². The number of hydrogen-bond donors (Lipinski definition) is 1. The molecule has 0 aromatic rings. The summed E-state index contributed by atoms with van der Waals surface area (Å²) in [5.41, 5.74) is 0. The molecule has 102 valence electrons. The highest BCUT2D eigenvalue weighted by Crippen LogP contribution is 2.36. The van der Waals surface area contributed by atoms with Crippen molar-refractivity contribution in [3.8, 4) is 0 Å². The van der Waals surface area contributed by atoms with Crippen LogP contribution in [0.5, 0.6) is 0 Å². The topological polar surface area (TPSA) is 15.3 Å². The summed E-state index contributed by atoms with van der Waals surface area (Å²) < 4.78 is 0. The summed E-state index contributed by atoms with van der Waals surface area (Å²) >= 11 is 2.18. The van der Waals surface area contributed by atoms with Crippen molar-refractivity contribution in [2.75, 3.05) is 32.9 Å². The first-order valence-electron chi connectivity index (χ1n) is 7.04. The molecule has 2 nitrogen and oxygen atoms in total. The zero-order valence-corrected chi connectivity index (χ0v) is 13.0. The normalized spacial score (nSPS) is 34.2. The van der Waals surface area contributed by atoms with E-state index in [4.69, 9.17) is 0 Å². The van der Waals surface area contributed by atoms with Gasteiger partial charge in [-0.15, -0.1) is 0 Å². The molecule has 1 saturated carbocycles. The highest BCUT2D eigenvalue weighted by Gasteiger charge is 2.33. The molecule has 17 heavy (non-hydrogen) atoms. The van der Waals surface area contributed by atoms with Gasteiger partial charge in [0, 0.05) is 23.6 Å². The molecule has 0 aliphatic heterocycles. The monoisotopic (exact) mass is 258 g/mol. The molecule has 4 unspecified atom stereocenters. The van der Waals surface area contributed by atoms with Gasteiger partial charge in [0.25, 0.3) is 0 Å². The molecular weight excluding hydrogens is 228 g/mol. The molecule has 0 amide bonds. The van der Waals surface area contributed by atoms with Gasteiger partial charge in [0.2, 0.25) is 0 Å². The van der Waals surface area contributed by atoms with Crippen molar-refractivity contribution in [1.82, 2.24) is 10.2 Å². The Balaban J connectivity index is 2.45. The van der Waals surface area contributed by atoms with Gasteiger partial charge < -0.3 is 10.2 Å². The molecule has 0 bridgehead atoms. The number of rotatable bonds is 6. The van der Waals surface area contributed by atoms with Crippen LogP contribution < -0.4 is 5.32 Å². The zero-order chi connectivity index (χ0) is 12.8. The van der Waals surface area contributed by atoms with Gasteiger partial charge in [-0.05, 0) is 45.3 Å². The summed E-state index contributed by atoms with van der Waals surface area (Å²) in [6.45, 7) is 9.37. The van der Waals surface area contributed by atoms with Crippen molar-refractivity contribution < 1.29 is 0 Å². The third-order valence-corrected chi connectivity index (χ3v) is 5.30. The first-order chi connectivity index (χ1) is 8.04. The van der Waals surface area contributed by atoms with E-state index >= 15 is 0 Å². The Hall–Kier alpha value is 0.270. The van der Waals surface area contributed by atoms with E-state index in [1.54, 1.807) is 0 Å². The van der Waals surface area contributed by atoms with Gasteiger partial charge in [0.15, 0.2) is 0 Å². The maximum Gasteiger partial charge on any atom is 0.0227 e. The number of nitrogens with zero attached hydrogens (tertiary/aromatic N) is 1. The summed E-state index contributed by atoms with van der Waals surface area (Å²) in [4.78, 5) is 2.28. The predicted molar refractivity (Wildman–Crippen MR) is 79.8 cm³/mol. The fourth-order valence-corrected chi connectivity index (χ4v) is 4.56. The van der Waals surface area contributed by atoms with Gasteiger partial charge >= 0.3 is 0 Å². The molecule has 0 aromatic heterocycles. The van der Waals surface area contributed by atoms with Crippen LogP contribution in [0.1, 0.15) is 33.6 Å². The quantitative estimate of drug-likeness (QED) is 0.788. The molecule has 0 spiro atoms. The fraction of sp³-hybridized carbons (Fsp3) is 1.00. The second kappa shape index (κ2) is 7.65. The third-order valence-electron chi connectivity index (χ3n) is 3.70. The van der Waals surface area contributed by atoms with Crippen LogP contribution in [-0.4, -0.2) is 49.1 Å². The number of thioether (sulfide) groups is 1. The minimum Gasteiger partial charge on any atom is -0.313 e. The Kier molecular flexibility index (Phi) is 6.90. The summed E-state index contributed by atoms with van der Waals surface area (Å²) in [6.07, 6.45) is 2.76. The Bertz CT molecular complexity index is 208. The average molecular weight is 258 g/mol. The van der Waals surface area contributed by atoms with Gasteiger partial charge in [-0.2, -0.15) is 11.8 Å². The molecule has 0 heterocycles. The molecular formula is C14H30N2S. The van der Waals surface area contributed by atoms with Crippen LogP contribution in [0.25, 0.3) is 0 Å². The molecule has 0 saturated heterocycles. The summed E-state index contributed by atoms with van der Waals surface area (Å²) in [6, 6.07) is 0.728. The lowest BCUT2D eigenvalue weighted by Crippen LogP contribution is -2.46. The van der Waals surface area contributed by atoms with Crippen LogP contribution in [0, 0.1) is 11.8 Å². The van der Waals surface area contributed by atoms with Crippen molar-refractivity contribution in [2.24, 2.45) is 11.8 Å². The van der Waals surface area contributed by atoms with E-state index in [0.29, 0.717) is 0 Å². The third kappa shape index (κ3) is 5.19. The molecule has 3 heteroatoms. The van der Waals surface area contributed by atoms with Crippen molar-refractivity contribution in [1.29, 1.82) is 0 Å². The average Bonchev–Trinajstić information content (AvgIpc) is 2.21. The number of hydrogen-bond acceptors (Lipinski definition) is 3. The Morgan fingerprint density at radius 2 is 1.94 bits per heavy atom. The van der Waals surface area contributed by atoms with Gasteiger partial charge in [-0.25, -0.2) is 0 Å². The van der Waals surface area contributed by atoms with Gasteiger partial charge in [0.1, 0.15) is 0 Å². The van der Waals surface area contributed by atoms with Gasteiger partial charge in [-0.1, -0.05) is 20.8 Å². The second-order valence-electron chi connectivity index (χ2n) is 5.86. The summed E-state index contributed by atoms with van der Waals surface area (Å²) in [5.74, 6) is 3.01. The maximum atomic E-state index is 3.70. The van der Waals surface area contributed by atoms with E-state index in [1.165, 1.54) is 25.1 Å². The molecule has 1 fully saturated rings. The van der Waals surface area contributed by atoms with Crippen LogP contribution in [0.4, 0.5) is 0 Å².